The van der Waals surface area contributed by atoms with E-state index in [0.717, 1.165) is 5.69 Å². The Morgan fingerprint density at radius 3 is 2.41 bits per heavy atom. The van der Waals surface area contributed by atoms with Crippen molar-refractivity contribution in [2.75, 3.05) is 31.1 Å². The third-order valence-corrected chi connectivity index (χ3v) is 3.67. The van der Waals surface area contributed by atoms with E-state index in [0.29, 0.717) is 36.2 Å². The van der Waals surface area contributed by atoms with Gasteiger partial charge in [0.25, 0.3) is 0 Å². The van der Waals surface area contributed by atoms with Crippen LogP contribution in [0.3, 0.4) is 0 Å². The molecule has 0 aliphatic carbocycles. The van der Waals surface area contributed by atoms with Gasteiger partial charge >= 0.3 is 6.03 Å². The summed E-state index contributed by atoms with van der Waals surface area (Å²) in [4.78, 5) is 14.7. The van der Waals surface area contributed by atoms with Gasteiger partial charge in [0.05, 0.1) is 15.7 Å². The first kappa shape index (κ1) is 12.3. The van der Waals surface area contributed by atoms with Crippen LogP contribution in [0.5, 0.6) is 0 Å². The maximum atomic E-state index is 11.0. The minimum Gasteiger partial charge on any atom is -0.367 e. The molecular formula is C11H13Cl2N3O. The van der Waals surface area contributed by atoms with Gasteiger partial charge in [0.1, 0.15) is 0 Å². The van der Waals surface area contributed by atoms with Gasteiger partial charge in [-0.2, -0.15) is 0 Å². The molecule has 0 spiro atoms. The van der Waals surface area contributed by atoms with Crippen molar-refractivity contribution in [3.8, 4) is 0 Å². The van der Waals surface area contributed by atoms with Crippen molar-refractivity contribution in [2.45, 2.75) is 0 Å². The zero-order valence-corrected chi connectivity index (χ0v) is 10.7. The van der Waals surface area contributed by atoms with Gasteiger partial charge in [-0.05, 0) is 12.1 Å². The van der Waals surface area contributed by atoms with E-state index in [2.05, 4.69) is 4.90 Å². The van der Waals surface area contributed by atoms with Crippen LogP contribution in [0.1, 0.15) is 0 Å². The number of anilines is 1. The van der Waals surface area contributed by atoms with Crippen molar-refractivity contribution >= 4 is 34.9 Å². The van der Waals surface area contributed by atoms with Gasteiger partial charge in [0.2, 0.25) is 0 Å². The van der Waals surface area contributed by atoms with Gasteiger partial charge < -0.3 is 15.5 Å². The van der Waals surface area contributed by atoms with Gasteiger partial charge in [-0.25, -0.2) is 4.79 Å². The number of hydrogen-bond acceptors (Lipinski definition) is 2. The highest BCUT2D eigenvalue weighted by atomic mass is 35.5. The second-order valence-electron chi connectivity index (χ2n) is 3.89. The predicted molar refractivity (Wildman–Crippen MR) is 69.8 cm³/mol. The lowest BCUT2D eigenvalue weighted by molar-refractivity contribution is 0.204. The Morgan fingerprint density at radius 2 is 1.82 bits per heavy atom. The molecule has 0 saturated carbocycles. The summed E-state index contributed by atoms with van der Waals surface area (Å²) in [5.41, 5.74) is 6.13. The molecule has 0 bridgehead atoms. The monoisotopic (exact) mass is 273 g/mol. The van der Waals surface area contributed by atoms with Crippen molar-refractivity contribution in [3.63, 3.8) is 0 Å². The molecule has 6 heteroatoms. The van der Waals surface area contributed by atoms with Crippen molar-refractivity contribution in [1.82, 2.24) is 4.90 Å². The van der Waals surface area contributed by atoms with Crippen molar-refractivity contribution in [2.24, 2.45) is 5.73 Å². The largest absolute Gasteiger partial charge is 0.367 e. The molecule has 2 rings (SSSR count). The molecule has 0 aromatic heterocycles. The summed E-state index contributed by atoms with van der Waals surface area (Å²) in [7, 11) is 0. The zero-order valence-electron chi connectivity index (χ0n) is 9.20. The number of hydrogen-bond donors (Lipinski definition) is 1. The zero-order chi connectivity index (χ0) is 12.4. The lowest BCUT2D eigenvalue weighted by atomic mass is 10.2. The fourth-order valence-corrected chi connectivity index (χ4v) is 2.32. The molecule has 1 aliphatic rings. The van der Waals surface area contributed by atoms with Gasteiger partial charge in [-0.1, -0.05) is 29.3 Å². The molecule has 1 heterocycles. The maximum Gasteiger partial charge on any atom is 0.314 e. The third-order valence-electron chi connectivity index (χ3n) is 2.86. The molecule has 1 fully saturated rings. The first-order chi connectivity index (χ1) is 8.09. The first-order valence-corrected chi connectivity index (χ1v) is 6.08. The van der Waals surface area contributed by atoms with Crippen LogP contribution in [0.25, 0.3) is 0 Å². The molecule has 4 nitrogen and oxygen atoms in total. The Bertz CT molecular complexity index is 431. The number of primary amides is 1. The van der Waals surface area contributed by atoms with E-state index in [1.807, 2.05) is 12.1 Å². The number of nitrogens with two attached hydrogens (primary N) is 1. The molecule has 1 aromatic rings. The molecule has 0 atom stereocenters. The Kier molecular flexibility index (Phi) is 3.64. The molecule has 0 unspecified atom stereocenters. The topological polar surface area (TPSA) is 49.6 Å². The van der Waals surface area contributed by atoms with E-state index in [4.69, 9.17) is 28.9 Å². The van der Waals surface area contributed by atoms with Crippen LogP contribution >= 0.6 is 23.2 Å². The summed E-state index contributed by atoms with van der Waals surface area (Å²) < 4.78 is 0. The molecule has 1 aliphatic heterocycles. The molecule has 92 valence electrons. The Hall–Kier alpha value is -1.13. The number of benzene rings is 1. The second-order valence-corrected chi connectivity index (χ2v) is 4.67. The summed E-state index contributed by atoms with van der Waals surface area (Å²) in [5.74, 6) is 0. The summed E-state index contributed by atoms with van der Waals surface area (Å²) in [6, 6.07) is 5.17. The summed E-state index contributed by atoms with van der Waals surface area (Å²) in [6.07, 6.45) is 0. The molecule has 0 radical (unpaired) electrons. The van der Waals surface area contributed by atoms with E-state index in [9.17, 15) is 4.79 Å². The Morgan fingerprint density at radius 1 is 1.18 bits per heavy atom. The maximum absolute atomic E-state index is 11.0. The fraction of sp³-hybridized carbons (Fsp3) is 0.364. The normalized spacial score (nSPS) is 16.1. The number of carbonyl (C=O) groups is 1. The van der Waals surface area contributed by atoms with Gasteiger partial charge in [0, 0.05) is 26.2 Å². The van der Waals surface area contributed by atoms with Gasteiger partial charge in [-0.15, -0.1) is 0 Å². The number of amides is 2. The number of rotatable bonds is 1. The number of nitrogens with zero attached hydrogens (tertiary/aromatic N) is 2. The summed E-state index contributed by atoms with van der Waals surface area (Å²) >= 11 is 12.1. The van der Waals surface area contributed by atoms with Crippen LogP contribution in [-0.4, -0.2) is 37.1 Å². The molecule has 2 N–H and O–H groups in total. The average molecular weight is 274 g/mol. The number of carbonyl (C=O) groups excluding carboxylic acids is 1. The quantitative estimate of drug-likeness (QED) is 0.853. The Balaban J connectivity index is 2.10. The number of urea groups is 1. The second kappa shape index (κ2) is 5.02. The molecule has 2 amide bonds. The SMILES string of the molecule is NC(=O)N1CCN(c2cccc(Cl)c2Cl)CC1. The summed E-state index contributed by atoms with van der Waals surface area (Å²) in [6.45, 7) is 2.64. The van der Waals surface area contributed by atoms with Crippen molar-refractivity contribution in [1.29, 1.82) is 0 Å². The smallest absolute Gasteiger partial charge is 0.314 e. The molecule has 1 aromatic carbocycles. The highest BCUT2D eigenvalue weighted by Crippen LogP contribution is 2.32. The first-order valence-electron chi connectivity index (χ1n) is 5.33. The highest BCUT2D eigenvalue weighted by molar-refractivity contribution is 6.43. The van der Waals surface area contributed by atoms with E-state index >= 15 is 0 Å². The molecule has 1 saturated heterocycles. The van der Waals surface area contributed by atoms with E-state index < -0.39 is 0 Å². The predicted octanol–water partition coefficient (Wildman–Crippen LogP) is 2.19. The van der Waals surface area contributed by atoms with Crippen LogP contribution < -0.4 is 10.6 Å². The fourth-order valence-electron chi connectivity index (χ4n) is 1.90. The standard InChI is InChI=1S/C11H13Cl2N3O/c12-8-2-1-3-9(10(8)13)15-4-6-16(7-5-15)11(14)17/h1-3H,4-7H2,(H2,14,17). The lowest BCUT2D eigenvalue weighted by Crippen LogP contribution is -2.50. The number of halogens is 2. The molecule has 17 heavy (non-hydrogen) atoms. The molecular weight excluding hydrogens is 261 g/mol. The van der Waals surface area contributed by atoms with Crippen LogP contribution in [-0.2, 0) is 0 Å². The minimum absolute atomic E-state index is 0.373. The van der Waals surface area contributed by atoms with Crippen LogP contribution in [0, 0.1) is 0 Å². The van der Waals surface area contributed by atoms with E-state index in [1.165, 1.54) is 0 Å². The van der Waals surface area contributed by atoms with Gasteiger partial charge in [0.15, 0.2) is 0 Å². The van der Waals surface area contributed by atoms with Crippen LogP contribution in [0.2, 0.25) is 10.0 Å². The average Bonchev–Trinajstić information content (AvgIpc) is 2.33. The lowest BCUT2D eigenvalue weighted by Gasteiger charge is -2.35. The van der Waals surface area contributed by atoms with Crippen LogP contribution in [0.4, 0.5) is 10.5 Å². The third kappa shape index (κ3) is 2.58. The van der Waals surface area contributed by atoms with Crippen molar-refractivity contribution in [3.05, 3.63) is 28.2 Å². The highest BCUT2D eigenvalue weighted by Gasteiger charge is 2.21. The number of piperazine rings is 1. The Labute approximate surface area is 110 Å². The van der Waals surface area contributed by atoms with E-state index in [-0.39, 0.29) is 6.03 Å². The summed E-state index contributed by atoms with van der Waals surface area (Å²) in [5, 5.41) is 1.10. The van der Waals surface area contributed by atoms with E-state index in [1.54, 1.807) is 11.0 Å². The minimum atomic E-state index is -0.373. The van der Waals surface area contributed by atoms with Crippen molar-refractivity contribution < 1.29 is 4.79 Å². The van der Waals surface area contributed by atoms with Crippen LogP contribution in [0.15, 0.2) is 18.2 Å². The van der Waals surface area contributed by atoms with Gasteiger partial charge in [-0.3, -0.25) is 0 Å².